The van der Waals surface area contributed by atoms with Gasteiger partial charge in [-0.25, -0.2) is 8.78 Å². The maximum absolute atomic E-state index is 12.9. The summed E-state index contributed by atoms with van der Waals surface area (Å²) in [7, 11) is 0. The Morgan fingerprint density at radius 3 is 2.50 bits per heavy atom. The number of hydrogen-bond donors (Lipinski definition) is 1. The van der Waals surface area contributed by atoms with Gasteiger partial charge in [0.05, 0.1) is 30.5 Å². The fourth-order valence-electron chi connectivity index (χ4n) is 1.61. The topological polar surface area (TPSA) is 65.2 Å². The highest BCUT2D eigenvalue weighted by molar-refractivity contribution is 5.76. The molecule has 1 rings (SSSR count). The van der Waals surface area contributed by atoms with Crippen molar-refractivity contribution in [1.82, 2.24) is 4.98 Å². The minimum Gasteiger partial charge on any atom is -0.466 e. The van der Waals surface area contributed by atoms with E-state index in [0.29, 0.717) is 6.20 Å². The number of halogens is 5. The second-order valence-corrected chi connectivity index (χ2v) is 3.73. The van der Waals surface area contributed by atoms with Crippen molar-refractivity contribution in [2.45, 2.75) is 25.9 Å². The molecule has 0 aliphatic rings. The quantitative estimate of drug-likeness (QED) is 0.685. The summed E-state index contributed by atoms with van der Waals surface area (Å²) in [4.78, 5) is 14.3. The molecule has 1 heterocycles. The Morgan fingerprint density at radius 2 is 2.05 bits per heavy atom. The molecule has 0 amide bonds. The van der Waals surface area contributed by atoms with E-state index in [0.717, 1.165) is 0 Å². The molecule has 0 bridgehead atoms. The molecular weight excluding hydrogens is 287 g/mol. The van der Waals surface area contributed by atoms with Crippen LogP contribution < -0.4 is 5.73 Å². The molecule has 0 spiro atoms. The number of rotatable bonds is 4. The maximum atomic E-state index is 12.9. The van der Waals surface area contributed by atoms with Crippen molar-refractivity contribution in [3.63, 3.8) is 0 Å². The van der Waals surface area contributed by atoms with E-state index in [9.17, 15) is 26.7 Å². The summed E-state index contributed by atoms with van der Waals surface area (Å²) < 4.78 is 68.5. The minimum atomic E-state index is -5.10. The molecule has 0 fully saturated rings. The van der Waals surface area contributed by atoms with Gasteiger partial charge in [-0.2, -0.15) is 13.2 Å². The van der Waals surface area contributed by atoms with Gasteiger partial charge in [0.2, 0.25) is 0 Å². The van der Waals surface area contributed by atoms with Gasteiger partial charge in [0.15, 0.2) is 0 Å². The lowest BCUT2D eigenvalue weighted by atomic mass is 10.0. The lowest BCUT2D eigenvalue weighted by molar-refractivity contribution is -0.144. The third-order valence-electron chi connectivity index (χ3n) is 2.37. The first-order chi connectivity index (χ1) is 9.18. The Kier molecular flexibility index (Phi) is 4.85. The smallest absolute Gasteiger partial charge is 0.418 e. The van der Waals surface area contributed by atoms with Crippen LogP contribution in [0.2, 0.25) is 0 Å². The first-order valence-corrected chi connectivity index (χ1v) is 5.46. The van der Waals surface area contributed by atoms with Crippen molar-refractivity contribution in [3.8, 4) is 0 Å². The Bertz CT molecular complexity index is 502. The Balaban J connectivity index is 3.40. The third-order valence-corrected chi connectivity index (χ3v) is 2.37. The molecule has 2 N–H and O–H groups in total. The summed E-state index contributed by atoms with van der Waals surface area (Å²) >= 11 is 0. The summed E-state index contributed by atoms with van der Waals surface area (Å²) in [6.07, 6.45) is -8.72. The number of alkyl halides is 5. The van der Waals surface area contributed by atoms with Gasteiger partial charge in [-0.3, -0.25) is 9.78 Å². The van der Waals surface area contributed by atoms with Crippen LogP contribution in [0.5, 0.6) is 0 Å². The average molecular weight is 298 g/mol. The van der Waals surface area contributed by atoms with Crippen LogP contribution in [0.4, 0.5) is 27.6 Å². The number of anilines is 1. The summed E-state index contributed by atoms with van der Waals surface area (Å²) in [6.45, 7) is 1.41. The van der Waals surface area contributed by atoms with E-state index in [-0.39, 0.29) is 6.61 Å². The van der Waals surface area contributed by atoms with Crippen LogP contribution in [-0.2, 0) is 22.1 Å². The number of aromatic nitrogens is 1. The second-order valence-electron chi connectivity index (χ2n) is 3.73. The summed E-state index contributed by atoms with van der Waals surface area (Å²) in [5, 5.41) is 0. The molecule has 1 aromatic rings. The first-order valence-electron chi connectivity index (χ1n) is 5.46. The molecule has 0 aliphatic carbocycles. The zero-order chi connectivity index (χ0) is 15.5. The summed E-state index contributed by atoms with van der Waals surface area (Å²) in [5.74, 6) is -0.990. The van der Waals surface area contributed by atoms with Crippen LogP contribution in [0.1, 0.15) is 30.2 Å². The molecular formula is C11H11F5N2O2. The number of esters is 1. The van der Waals surface area contributed by atoms with Crippen LogP contribution in [0.25, 0.3) is 0 Å². The van der Waals surface area contributed by atoms with Crippen molar-refractivity contribution in [1.29, 1.82) is 0 Å². The molecule has 0 saturated heterocycles. The van der Waals surface area contributed by atoms with Gasteiger partial charge in [-0.05, 0) is 6.92 Å². The molecule has 20 heavy (non-hydrogen) atoms. The monoisotopic (exact) mass is 298 g/mol. The molecule has 0 atom stereocenters. The van der Waals surface area contributed by atoms with Gasteiger partial charge in [-0.15, -0.1) is 0 Å². The molecule has 1 aromatic heterocycles. The minimum absolute atomic E-state index is 0.0487. The SMILES string of the molecule is CCOC(=O)Cc1c(N)cnc(C(F)F)c1C(F)(F)F. The molecule has 0 saturated carbocycles. The van der Waals surface area contributed by atoms with E-state index in [1.807, 2.05) is 0 Å². The largest absolute Gasteiger partial charge is 0.466 e. The van der Waals surface area contributed by atoms with E-state index in [2.05, 4.69) is 9.72 Å². The molecule has 0 unspecified atom stereocenters. The van der Waals surface area contributed by atoms with Crippen molar-refractivity contribution >= 4 is 11.7 Å². The summed E-state index contributed by atoms with van der Waals surface area (Å²) in [6, 6.07) is 0. The maximum Gasteiger partial charge on any atom is 0.418 e. The van der Waals surface area contributed by atoms with E-state index in [4.69, 9.17) is 5.73 Å². The second kappa shape index (κ2) is 6.02. The number of hydrogen-bond acceptors (Lipinski definition) is 4. The van der Waals surface area contributed by atoms with E-state index in [1.165, 1.54) is 6.92 Å². The standard InChI is InChI=1S/C11H11F5N2O2/c1-2-20-7(19)3-5-6(17)4-18-9(10(12)13)8(5)11(14,15)16/h4,10H,2-3,17H2,1H3. The zero-order valence-electron chi connectivity index (χ0n) is 10.3. The van der Waals surface area contributed by atoms with Gasteiger partial charge in [0.25, 0.3) is 6.43 Å². The van der Waals surface area contributed by atoms with E-state index < -0.39 is 47.5 Å². The van der Waals surface area contributed by atoms with E-state index in [1.54, 1.807) is 0 Å². The van der Waals surface area contributed by atoms with Crippen LogP contribution in [0.3, 0.4) is 0 Å². The Morgan fingerprint density at radius 1 is 1.45 bits per heavy atom. The van der Waals surface area contributed by atoms with Gasteiger partial charge >= 0.3 is 12.1 Å². The fourth-order valence-corrected chi connectivity index (χ4v) is 1.61. The summed E-state index contributed by atoms with van der Waals surface area (Å²) in [5.41, 5.74) is 0.944. The zero-order valence-corrected chi connectivity index (χ0v) is 10.3. The number of ether oxygens (including phenoxy) is 1. The molecule has 0 radical (unpaired) electrons. The van der Waals surface area contributed by atoms with Gasteiger partial charge in [0, 0.05) is 5.56 Å². The molecule has 9 heteroatoms. The number of nitrogen functional groups attached to an aromatic ring is 1. The number of carbonyl (C=O) groups excluding carboxylic acids is 1. The lowest BCUT2D eigenvalue weighted by Gasteiger charge is -2.17. The normalized spacial score (nSPS) is 11.8. The van der Waals surface area contributed by atoms with Crippen molar-refractivity contribution in [2.24, 2.45) is 0 Å². The van der Waals surface area contributed by atoms with Gasteiger partial charge < -0.3 is 10.5 Å². The predicted molar refractivity (Wildman–Crippen MR) is 58.9 cm³/mol. The predicted octanol–water partition coefficient (Wildman–Crippen LogP) is 2.73. The molecule has 0 aromatic carbocycles. The number of pyridine rings is 1. The van der Waals surface area contributed by atoms with Gasteiger partial charge in [-0.1, -0.05) is 0 Å². The van der Waals surface area contributed by atoms with Crippen LogP contribution in [0, 0.1) is 0 Å². The van der Waals surface area contributed by atoms with Crippen LogP contribution in [-0.4, -0.2) is 17.6 Å². The Hall–Kier alpha value is -1.93. The third kappa shape index (κ3) is 3.55. The number of nitrogens with two attached hydrogens (primary N) is 1. The van der Waals surface area contributed by atoms with Crippen molar-refractivity contribution < 1.29 is 31.5 Å². The highest BCUT2D eigenvalue weighted by Crippen LogP contribution is 2.39. The van der Waals surface area contributed by atoms with Crippen LogP contribution in [0.15, 0.2) is 6.20 Å². The van der Waals surface area contributed by atoms with Crippen molar-refractivity contribution in [2.75, 3.05) is 12.3 Å². The Labute approximate surface area is 110 Å². The number of nitrogens with zero attached hydrogens (tertiary/aromatic N) is 1. The van der Waals surface area contributed by atoms with Crippen molar-refractivity contribution in [3.05, 3.63) is 23.0 Å². The molecule has 0 aliphatic heterocycles. The van der Waals surface area contributed by atoms with Gasteiger partial charge in [0.1, 0.15) is 5.69 Å². The molecule has 4 nitrogen and oxygen atoms in total. The first kappa shape index (κ1) is 16.1. The highest BCUT2D eigenvalue weighted by Gasteiger charge is 2.40. The highest BCUT2D eigenvalue weighted by atomic mass is 19.4. The van der Waals surface area contributed by atoms with E-state index >= 15 is 0 Å². The lowest BCUT2D eigenvalue weighted by Crippen LogP contribution is -2.20. The number of carbonyl (C=O) groups is 1. The fraction of sp³-hybridized carbons (Fsp3) is 0.455. The molecule has 112 valence electrons. The average Bonchev–Trinajstić information content (AvgIpc) is 2.29. The van der Waals surface area contributed by atoms with Crippen LogP contribution >= 0.6 is 0 Å².